The number of nitriles is 1. The Morgan fingerprint density at radius 3 is 2.39 bits per heavy atom. The van der Waals surface area contributed by atoms with Crippen molar-refractivity contribution in [3.05, 3.63) is 59.9 Å². The lowest BCUT2D eigenvalue weighted by molar-refractivity contribution is 0.917. The van der Waals surface area contributed by atoms with Crippen molar-refractivity contribution < 1.29 is 0 Å². The molecule has 1 aromatic carbocycles. The van der Waals surface area contributed by atoms with Gasteiger partial charge in [-0.2, -0.15) is 15.5 Å². The Bertz CT molecular complexity index is 572. The van der Waals surface area contributed by atoms with Crippen LogP contribution >= 0.6 is 11.6 Å². The van der Waals surface area contributed by atoms with E-state index in [0.29, 0.717) is 11.3 Å². The lowest BCUT2D eigenvalue weighted by Gasteiger charge is -2.01. The van der Waals surface area contributed by atoms with Crippen molar-refractivity contribution in [2.75, 3.05) is 0 Å². The molecule has 0 aliphatic heterocycles. The number of rotatable bonds is 3. The van der Waals surface area contributed by atoms with Crippen molar-refractivity contribution in [1.29, 1.82) is 5.26 Å². The predicted molar refractivity (Wildman–Crippen MR) is 68.5 cm³/mol. The molecule has 88 valence electrons. The number of hydrogen-bond donors (Lipinski definition) is 0. The van der Waals surface area contributed by atoms with Gasteiger partial charge in [0.15, 0.2) is 5.50 Å². The van der Waals surface area contributed by atoms with E-state index < -0.39 is 5.50 Å². The second kappa shape index (κ2) is 5.89. The number of aromatic nitrogens is 1. The first-order chi connectivity index (χ1) is 8.79. The van der Waals surface area contributed by atoms with Crippen molar-refractivity contribution in [2.45, 2.75) is 5.50 Å². The number of alkyl halides is 1. The molecule has 1 heterocycles. The maximum Gasteiger partial charge on any atom is 0.170 e. The summed E-state index contributed by atoms with van der Waals surface area (Å²) in [5.41, 5.74) is 1.55. The van der Waals surface area contributed by atoms with Crippen molar-refractivity contribution in [3.8, 4) is 6.07 Å². The third-order valence-corrected chi connectivity index (χ3v) is 2.59. The normalized spacial score (nSPS) is 12.2. The number of pyridine rings is 1. The molecule has 0 spiro atoms. The van der Waals surface area contributed by atoms with E-state index in [2.05, 4.69) is 15.2 Å². The Morgan fingerprint density at radius 2 is 1.78 bits per heavy atom. The van der Waals surface area contributed by atoms with Gasteiger partial charge in [-0.15, -0.1) is 0 Å². The van der Waals surface area contributed by atoms with Crippen molar-refractivity contribution in [2.24, 2.45) is 10.2 Å². The molecule has 5 heteroatoms. The zero-order chi connectivity index (χ0) is 12.8. The number of azo groups is 1. The van der Waals surface area contributed by atoms with Gasteiger partial charge in [0.25, 0.3) is 0 Å². The fourth-order valence-corrected chi connectivity index (χ4v) is 1.50. The monoisotopic (exact) mass is 256 g/mol. The first kappa shape index (κ1) is 12.2. The second-order valence-electron chi connectivity index (χ2n) is 3.49. The molecule has 2 rings (SSSR count). The third kappa shape index (κ3) is 3.12. The fourth-order valence-electron chi connectivity index (χ4n) is 1.31. The van der Waals surface area contributed by atoms with E-state index in [1.165, 1.54) is 0 Å². The molecule has 0 aliphatic carbocycles. The van der Waals surface area contributed by atoms with Crippen LogP contribution in [0.3, 0.4) is 0 Å². The summed E-state index contributed by atoms with van der Waals surface area (Å²) >= 11 is 6.07. The van der Waals surface area contributed by atoms with Gasteiger partial charge in [0.2, 0.25) is 0 Å². The van der Waals surface area contributed by atoms with Crippen LogP contribution in [0.4, 0.5) is 5.69 Å². The smallest absolute Gasteiger partial charge is 0.170 e. The van der Waals surface area contributed by atoms with Gasteiger partial charge in [-0.1, -0.05) is 11.6 Å². The molecule has 18 heavy (non-hydrogen) atoms. The van der Waals surface area contributed by atoms with Crippen molar-refractivity contribution in [3.63, 3.8) is 0 Å². The summed E-state index contributed by atoms with van der Waals surface area (Å²) in [6.45, 7) is 0. The van der Waals surface area contributed by atoms with Crippen LogP contribution in [0, 0.1) is 11.3 Å². The van der Waals surface area contributed by atoms with Crippen molar-refractivity contribution >= 4 is 17.3 Å². The summed E-state index contributed by atoms with van der Waals surface area (Å²) < 4.78 is 0. The molecule has 0 radical (unpaired) electrons. The third-order valence-electron chi connectivity index (χ3n) is 2.25. The summed E-state index contributed by atoms with van der Waals surface area (Å²) in [5.74, 6) is 0. The van der Waals surface area contributed by atoms with Gasteiger partial charge >= 0.3 is 0 Å². The minimum absolute atomic E-state index is 0.538. The Labute approximate surface area is 110 Å². The molecular weight excluding hydrogens is 248 g/mol. The van der Waals surface area contributed by atoms with E-state index in [1.54, 1.807) is 48.8 Å². The Kier molecular flexibility index (Phi) is 4.00. The molecule has 0 saturated carbocycles. The van der Waals surface area contributed by atoms with E-state index in [-0.39, 0.29) is 0 Å². The zero-order valence-corrected chi connectivity index (χ0v) is 10.1. The lowest BCUT2D eigenvalue weighted by Crippen LogP contribution is -1.85. The van der Waals surface area contributed by atoms with E-state index in [4.69, 9.17) is 16.9 Å². The first-order valence-corrected chi connectivity index (χ1v) is 5.68. The first-order valence-electron chi connectivity index (χ1n) is 5.24. The van der Waals surface area contributed by atoms with Crippen LogP contribution < -0.4 is 0 Å². The van der Waals surface area contributed by atoms with Gasteiger partial charge in [-0.3, -0.25) is 4.98 Å². The van der Waals surface area contributed by atoms with Crippen LogP contribution in [0.15, 0.2) is 59.0 Å². The number of nitrogens with zero attached hydrogens (tertiary/aromatic N) is 4. The highest BCUT2D eigenvalue weighted by Crippen LogP contribution is 2.23. The van der Waals surface area contributed by atoms with Gasteiger partial charge in [-0.05, 0) is 42.0 Å². The van der Waals surface area contributed by atoms with Crippen LogP contribution in [-0.2, 0) is 0 Å². The molecule has 1 unspecified atom stereocenters. The summed E-state index contributed by atoms with van der Waals surface area (Å²) in [5, 5.41) is 16.7. The van der Waals surface area contributed by atoms with Gasteiger partial charge in [-0.25, -0.2) is 0 Å². The van der Waals surface area contributed by atoms with E-state index >= 15 is 0 Å². The largest absolute Gasteiger partial charge is 0.265 e. The van der Waals surface area contributed by atoms with Gasteiger partial charge in [0.05, 0.1) is 17.3 Å². The van der Waals surface area contributed by atoms with E-state index in [0.717, 1.165) is 5.56 Å². The molecule has 4 nitrogen and oxygen atoms in total. The average Bonchev–Trinajstić information content (AvgIpc) is 2.46. The molecule has 1 aromatic heterocycles. The second-order valence-corrected chi connectivity index (χ2v) is 3.90. The van der Waals surface area contributed by atoms with Crippen LogP contribution in [0.1, 0.15) is 16.6 Å². The highest BCUT2D eigenvalue weighted by molar-refractivity contribution is 6.20. The zero-order valence-electron chi connectivity index (χ0n) is 9.36. The lowest BCUT2D eigenvalue weighted by atomic mass is 10.2. The molecular formula is C13H9ClN4. The number of benzene rings is 1. The van der Waals surface area contributed by atoms with Gasteiger partial charge in [0, 0.05) is 12.4 Å². The Hall–Kier alpha value is -2.25. The SMILES string of the molecule is N#Cc1ccc(N=NC(Cl)c2ccncc2)cc1. The minimum Gasteiger partial charge on any atom is -0.265 e. The van der Waals surface area contributed by atoms with Crippen LogP contribution in [0.5, 0.6) is 0 Å². The maximum atomic E-state index is 8.66. The predicted octanol–water partition coefficient (Wildman–Crippen LogP) is 3.97. The quantitative estimate of drug-likeness (QED) is 0.474. The molecule has 0 N–H and O–H groups in total. The van der Waals surface area contributed by atoms with Crippen molar-refractivity contribution in [1.82, 2.24) is 4.98 Å². The van der Waals surface area contributed by atoms with Crippen LogP contribution in [-0.4, -0.2) is 4.98 Å². The van der Waals surface area contributed by atoms with Gasteiger partial charge < -0.3 is 0 Å². The molecule has 0 bridgehead atoms. The average molecular weight is 257 g/mol. The molecule has 1 atom stereocenters. The van der Waals surface area contributed by atoms with Gasteiger partial charge in [0.1, 0.15) is 0 Å². The van der Waals surface area contributed by atoms with E-state index in [9.17, 15) is 0 Å². The summed E-state index contributed by atoms with van der Waals surface area (Å²) in [6.07, 6.45) is 3.31. The summed E-state index contributed by atoms with van der Waals surface area (Å²) in [4.78, 5) is 3.90. The molecule has 0 saturated heterocycles. The fraction of sp³-hybridized carbons (Fsp3) is 0.0769. The highest BCUT2D eigenvalue weighted by Gasteiger charge is 2.04. The highest BCUT2D eigenvalue weighted by atomic mass is 35.5. The van der Waals surface area contributed by atoms with E-state index in [1.807, 2.05) is 6.07 Å². The molecule has 0 amide bonds. The summed E-state index contributed by atoms with van der Waals surface area (Å²) in [7, 11) is 0. The number of hydrogen-bond acceptors (Lipinski definition) is 4. The molecule has 0 aliphatic rings. The topological polar surface area (TPSA) is 61.4 Å². The van der Waals surface area contributed by atoms with Crippen LogP contribution in [0.2, 0.25) is 0 Å². The number of halogens is 1. The standard InChI is InChI=1S/C13H9ClN4/c14-13(11-5-7-16-8-6-11)18-17-12-3-1-10(9-15)2-4-12/h1-8,13H. The Morgan fingerprint density at radius 1 is 1.11 bits per heavy atom. The molecule has 0 fully saturated rings. The minimum atomic E-state index is -0.538. The maximum absolute atomic E-state index is 8.66. The molecule has 2 aromatic rings. The van der Waals surface area contributed by atoms with Crippen LogP contribution in [0.25, 0.3) is 0 Å². The Balaban J connectivity index is 2.09. The summed E-state index contributed by atoms with van der Waals surface area (Å²) in [6, 6.07) is 12.4.